The Kier molecular flexibility index (Phi) is 6.29. The molecule has 5 rings (SSSR count). The summed E-state index contributed by atoms with van der Waals surface area (Å²) in [7, 11) is 0. The van der Waals surface area contributed by atoms with Gasteiger partial charge >= 0.3 is 6.18 Å². The third-order valence-corrected chi connectivity index (χ3v) is 5.81. The molecule has 0 bridgehead atoms. The van der Waals surface area contributed by atoms with E-state index in [-0.39, 0.29) is 17.1 Å². The Morgan fingerprint density at radius 3 is 2.47 bits per heavy atom. The van der Waals surface area contributed by atoms with Crippen molar-refractivity contribution in [2.45, 2.75) is 12.6 Å². The number of nitrogens with zero attached hydrogens (tertiary/aromatic N) is 5. The van der Waals surface area contributed by atoms with E-state index in [2.05, 4.69) is 20.3 Å². The zero-order valence-corrected chi connectivity index (χ0v) is 19.4. The first-order valence-electron chi connectivity index (χ1n) is 11.2. The standard InChI is InChI=1S/C26H17F3N6O3/c27-26(28,29)20-5-9-31-23(14-20)33-25(36)13-19-2-1-18(11-21(19)35(37)38)22-15-32-24-12-17(6-10-34(22)24)16-3-7-30-8-4-16/h1-12,14-15H,13H2,(H,31,33,36). The molecule has 5 aromatic rings. The van der Waals surface area contributed by atoms with Crippen molar-refractivity contribution in [3.63, 3.8) is 0 Å². The average Bonchev–Trinajstić information content (AvgIpc) is 3.32. The van der Waals surface area contributed by atoms with Crippen LogP contribution in [0.1, 0.15) is 11.1 Å². The molecule has 0 saturated carbocycles. The largest absolute Gasteiger partial charge is 0.416 e. The van der Waals surface area contributed by atoms with Gasteiger partial charge < -0.3 is 5.32 Å². The van der Waals surface area contributed by atoms with Gasteiger partial charge in [0.25, 0.3) is 5.69 Å². The number of nitrogens with one attached hydrogen (secondary N) is 1. The summed E-state index contributed by atoms with van der Waals surface area (Å²) in [6, 6.07) is 13.4. The number of halogens is 3. The smallest absolute Gasteiger partial charge is 0.310 e. The van der Waals surface area contributed by atoms with Crippen molar-refractivity contribution in [1.82, 2.24) is 19.4 Å². The number of nitro benzene ring substituents is 1. The van der Waals surface area contributed by atoms with Crippen LogP contribution < -0.4 is 5.32 Å². The zero-order valence-electron chi connectivity index (χ0n) is 19.4. The number of rotatable bonds is 6. The lowest BCUT2D eigenvalue weighted by atomic mass is 10.0. The van der Waals surface area contributed by atoms with E-state index in [0.29, 0.717) is 23.0 Å². The summed E-state index contributed by atoms with van der Waals surface area (Å²) in [5.41, 5.74) is 2.45. The SMILES string of the molecule is O=C(Cc1ccc(-c2cnc3cc(-c4ccncc4)ccn23)cc1[N+](=O)[O-])Nc1cc(C(F)(F)F)ccn1. The number of imidazole rings is 1. The molecule has 4 aromatic heterocycles. The lowest BCUT2D eigenvalue weighted by Crippen LogP contribution is -2.17. The minimum absolute atomic E-state index is 0.0945. The van der Waals surface area contributed by atoms with Crippen molar-refractivity contribution in [3.05, 3.63) is 107 Å². The zero-order chi connectivity index (χ0) is 26.9. The molecule has 0 spiro atoms. The van der Waals surface area contributed by atoms with Crippen LogP contribution in [0.4, 0.5) is 24.7 Å². The third-order valence-electron chi connectivity index (χ3n) is 5.81. The number of benzene rings is 1. The Labute approximate surface area is 212 Å². The minimum Gasteiger partial charge on any atom is -0.310 e. The fraction of sp³-hybridized carbons (Fsp3) is 0.0769. The van der Waals surface area contributed by atoms with Gasteiger partial charge in [0.2, 0.25) is 5.91 Å². The van der Waals surface area contributed by atoms with E-state index in [1.807, 2.05) is 30.5 Å². The number of carbonyl (C=O) groups is 1. The Bertz CT molecular complexity index is 1670. The van der Waals surface area contributed by atoms with E-state index >= 15 is 0 Å². The van der Waals surface area contributed by atoms with Crippen LogP contribution in [-0.4, -0.2) is 30.2 Å². The number of carbonyl (C=O) groups excluding carboxylic acids is 1. The van der Waals surface area contributed by atoms with Gasteiger partial charge in [-0.1, -0.05) is 12.1 Å². The summed E-state index contributed by atoms with van der Waals surface area (Å²) in [5.74, 6) is -1.05. The highest BCUT2D eigenvalue weighted by molar-refractivity contribution is 5.92. The van der Waals surface area contributed by atoms with E-state index in [1.165, 1.54) is 12.1 Å². The molecule has 0 fully saturated rings. The highest BCUT2D eigenvalue weighted by Crippen LogP contribution is 2.31. The molecule has 1 N–H and O–H groups in total. The normalized spacial score (nSPS) is 11.4. The number of alkyl halides is 3. The topological polar surface area (TPSA) is 115 Å². The van der Waals surface area contributed by atoms with Crippen LogP contribution in [0.2, 0.25) is 0 Å². The monoisotopic (exact) mass is 518 g/mol. The molecular formula is C26H17F3N6O3. The lowest BCUT2D eigenvalue weighted by molar-refractivity contribution is -0.385. The van der Waals surface area contributed by atoms with Crippen LogP contribution in [0, 0.1) is 10.1 Å². The number of amides is 1. The number of hydrogen-bond donors (Lipinski definition) is 1. The van der Waals surface area contributed by atoms with E-state index in [4.69, 9.17) is 0 Å². The van der Waals surface area contributed by atoms with Gasteiger partial charge in [-0.05, 0) is 47.5 Å². The molecule has 0 aliphatic rings. The maximum Gasteiger partial charge on any atom is 0.416 e. The molecule has 4 heterocycles. The molecule has 0 saturated heterocycles. The first kappa shape index (κ1) is 24.6. The molecule has 0 atom stereocenters. The highest BCUT2D eigenvalue weighted by atomic mass is 19.4. The molecule has 0 radical (unpaired) electrons. The molecule has 9 nitrogen and oxygen atoms in total. The van der Waals surface area contributed by atoms with Gasteiger partial charge in [0.05, 0.1) is 28.8 Å². The second kappa shape index (κ2) is 9.73. The average molecular weight is 518 g/mol. The van der Waals surface area contributed by atoms with Gasteiger partial charge in [-0.15, -0.1) is 0 Å². The predicted octanol–water partition coefficient (Wildman–Crippen LogP) is 5.57. The van der Waals surface area contributed by atoms with Crippen molar-refractivity contribution in [2.24, 2.45) is 0 Å². The second-order valence-corrected chi connectivity index (χ2v) is 8.28. The number of pyridine rings is 3. The van der Waals surface area contributed by atoms with Gasteiger partial charge in [-0.3, -0.25) is 24.3 Å². The summed E-state index contributed by atoms with van der Waals surface area (Å²) in [5, 5.41) is 14.1. The maximum absolute atomic E-state index is 12.9. The van der Waals surface area contributed by atoms with Gasteiger partial charge in [-0.2, -0.15) is 13.2 Å². The Morgan fingerprint density at radius 2 is 1.74 bits per heavy atom. The first-order valence-corrected chi connectivity index (χ1v) is 11.2. The number of nitro groups is 1. The summed E-state index contributed by atoms with van der Waals surface area (Å²) in [6.07, 6.45) is 2.67. The number of hydrogen-bond acceptors (Lipinski definition) is 6. The van der Waals surface area contributed by atoms with Crippen LogP contribution >= 0.6 is 0 Å². The van der Waals surface area contributed by atoms with Crippen molar-refractivity contribution < 1.29 is 22.9 Å². The number of fused-ring (bicyclic) bond motifs is 1. The lowest BCUT2D eigenvalue weighted by Gasteiger charge is -2.10. The summed E-state index contributed by atoms with van der Waals surface area (Å²) < 4.78 is 40.5. The van der Waals surface area contributed by atoms with Crippen molar-refractivity contribution in [2.75, 3.05) is 5.32 Å². The molecule has 1 amide bonds. The highest BCUT2D eigenvalue weighted by Gasteiger charge is 2.31. The van der Waals surface area contributed by atoms with Gasteiger partial charge in [0.1, 0.15) is 11.5 Å². The molecular weight excluding hydrogens is 501 g/mol. The van der Waals surface area contributed by atoms with Gasteiger partial charge in [-0.25, -0.2) is 9.97 Å². The van der Waals surface area contributed by atoms with Crippen molar-refractivity contribution in [3.8, 4) is 22.4 Å². The quantitative estimate of drug-likeness (QED) is 0.232. The van der Waals surface area contributed by atoms with Crippen LogP contribution in [0.3, 0.4) is 0 Å². The van der Waals surface area contributed by atoms with E-state index in [9.17, 15) is 28.1 Å². The second-order valence-electron chi connectivity index (χ2n) is 8.28. The molecule has 1 aromatic carbocycles. The van der Waals surface area contributed by atoms with E-state index < -0.39 is 29.0 Å². The van der Waals surface area contributed by atoms with Crippen LogP contribution in [0.15, 0.2) is 85.6 Å². The minimum atomic E-state index is -4.60. The van der Waals surface area contributed by atoms with E-state index in [1.54, 1.807) is 29.1 Å². The third kappa shape index (κ3) is 5.05. The molecule has 38 heavy (non-hydrogen) atoms. The Morgan fingerprint density at radius 1 is 0.947 bits per heavy atom. The summed E-state index contributed by atoms with van der Waals surface area (Å²) in [4.78, 5) is 35.8. The van der Waals surface area contributed by atoms with Gasteiger partial charge in [0, 0.05) is 42.0 Å². The van der Waals surface area contributed by atoms with Crippen LogP contribution in [0.5, 0.6) is 0 Å². The first-order chi connectivity index (χ1) is 18.2. The fourth-order valence-electron chi connectivity index (χ4n) is 4.00. The van der Waals surface area contributed by atoms with Crippen LogP contribution in [-0.2, 0) is 17.4 Å². The van der Waals surface area contributed by atoms with Crippen LogP contribution in [0.25, 0.3) is 28.0 Å². The molecule has 0 unspecified atom stereocenters. The Balaban J connectivity index is 1.40. The fourth-order valence-corrected chi connectivity index (χ4v) is 4.00. The predicted molar refractivity (Wildman–Crippen MR) is 132 cm³/mol. The van der Waals surface area contributed by atoms with E-state index in [0.717, 1.165) is 23.4 Å². The maximum atomic E-state index is 12.9. The molecule has 0 aliphatic carbocycles. The molecule has 190 valence electrons. The molecule has 12 heteroatoms. The van der Waals surface area contributed by atoms with Crippen molar-refractivity contribution >= 4 is 23.1 Å². The summed E-state index contributed by atoms with van der Waals surface area (Å²) >= 11 is 0. The summed E-state index contributed by atoms with van der Waals surface area (Å²) in [6.45, 7) is 0. The number of aromatic nitrogens is 4. The number of anilines is 1. The van der Waals surface area contributed by atoms with Gasteiger partial charge in [0.15, 0.2) is 0 Å². The van der Waals surface area contributed by atoms with Crippen molar-refractivity contribution in [1.29, 1.82) is 0 Å². The Hall–Kier alpha value is -5.13. The molecule has 0 aliphatic heterocycles.